The van der Waals surface area contributed by atoms with E-state index in [0.29, 0.717) is 11.1 Å². The third kappa shape index (κ3) is 5.08. The molecule has 0 spiro atoms. The van der Waals surface area contributed by atoms with Gasteiger partial charge in [0, 0.05) is 25.3 Å². The van der Waals surface area contributed by atoms with Crippen LogP contribution in [0.15, 0.2) is 48.0 Å². The highest BCUT2D eigenvalue weighted by Crippen LogP contribution is 2.17. The van der Waals surface area contributed by atoms with Crippen molar-refractivity contribution in [2.24, 2.45) is 0 Å². The fraction of sp³-hybridized carbons (Fsp3) is 0.261. The summed E-state index contributed by atoms with van der Waals surface area (Å²) in [4.78, 5) is 26.8. The normalized spacial score (nSPS) is 12.1. The van der Waals surface area contributed by atoms with Crippen LogP contribution in [0.25, 0.3) is 6.08 Å². The number of aryl methyl sites for hydroxylation is 2. The van der Waals surface area contributed by atoms with E-state index in [2.05, 4.69) is 0 Å². The molecule has 0 saturated carbocycles. The van der Waals surface area contributed by atoms with E-state index in [1.165, 1.54) is 13.0 Å². The first-order valence-electron chi connectivity index (χ1n) is 8.94. The second kappa shape index (κ2) is 9.01. The number of anilines is 1. The van der Waals surface area contributed by atoms with Crippen LogP contribution in [0.1, 0.15) is 34.0 Å². The van der Waals surface area contributed by atoms with Gasteiger partial charge in [-0.1, -0.05) is 24.3 Å². The highest BCUT2D eigenvalue weighted by atomic mass is 16.5. The molecule has 2 aromatic rings. The molecule has 2 rings (SSSR count). The molecular weight excluding hydrogens is 352 g/mol. The molecule has 1 unspecified atom stereocenters. The summed E-state index contributed by atoms with van der Waals surface area (Å²) in [5.74, 6) is -1.12. The number of ketones is 1. The van der Waals surface area contributed by atoms with Gasteiger partial charge in [0.25, 0.3) is 0 Å². The molecule has 28 heavy (non-hydrogen) atoms. The maximum Gasteiger partial charge on any atom is 0.349 e. The molecule has 0 amide bonds. The number of hydrogen-bond acceptors (Lipinski definition) is 5. The number of carbonyl (C=O) groups excluding carboxylic acids is 2. The fourth-order valence-corrected chi connectivity index (χ4v) is 2.58. The maximum atomic E-state index is 12.5. The Morgan fingerprint density at radius 2 is 1.71 bits per heavy atom. The van der Waals surface area contributed by atoms with Gasteiger partial charge in [0.05, 0.1) is 0 Å². The number of hydrogen-bond donors (Lipinski definition) is 0. The molecule has 0 aliphatic carbocycles. The molecule has 0 heterocycles. The summed E-state index contributed by atoms with van der Waals surface area (Å²) in [6.45, 7) is 5.39. The quantitative estimate of drug-likeness (QED) is 0.329. The molecular formula is C23H24N2O3. The molecule has 0 saturated heterocycles. The number of nitriles is 1. The summed E-state index contributed by atoms with van der Waals surface area (Å²) in [6, 6.07) is 14.6. The Labute approximate surface area is 165 Å². The van der Waals surface area contributed by atoms with Gasteiger partial charge in [-0.3, -0.25) is 4.79 Å². The van der Waals surface area contributed by atoms with Crippen molar-refractivity contribution >= 4 is 23.5 Å². The molecule has 0 aliphatic rings. The van der Waals surface area contributed by atoms with Gasteiger partial charge in [-0.05, 0) is 61.7 Å². The summed E-state index contributed by atoms with van der Waals surface area (Å²) < 4.78 is 5.24. The van der Waals surface area contributed by atoms with Crippen LogP contribution < -0.4 is 4.90 Å². The van der Waals surface area contributed by atoms with Crippen LogP contribution in [-0.4, -0.2) is 32.0 Å². The maximum absolute atomic E-state index is 12.5. The van der Waals surface area contributed by atoms with Crippen molar-refractivity contribution in [2.45, 2.75) is 26.9 Å². The lowest BCUT2D eigenvalue weighted by Gasteiger charge is -2.13. The standard InChI is InChI=1S/C23H24N2O3/c1-15-6-9-19(12-16(15)2)22(26)17(3)28-23(27)20(14-24)13-18-7-10-21(11-8-18)25(4)5/h6-13,17H,1-5H3/b20-13+. The fourth-order valence-electron chi connectivity index (χ4n) is 2.58. The van der Waals surface area contributed by atoms with Crippen molar-refractivity contribution in [1.82, 2.24) is 0 Å². The van der Waals surface area contributed by atoms with Gasteiger partial charge in [0.15, 0.2) is 6.10 Å². The van der Waals surface area contributed by atoms with Crippen LogP contribution in [0.4, 0.5) is 5.69 Å². The number of ether oxygens (including phenoxy) is 1. The second-order valence-electron chi connectivity index (χ2n) is 6.87. The Morgan fingerprint density at radius 1 is 1.07 bits per heavy atom. The Kier molecular flexibility index (Phi) is 6.73. The molecule has 0 aliphatic heterocycles. The van der Waals surface area contributed by atoms with Crippen LogP contribution in [0.2, 0.25) is 0 Å². The number of carbonyl (C=O) groups is 2. The number of rotatable bonds is 6. The van der Waals surface area contributed by atoms with Crippen LogP contribution in [-0.2, 0) is 9.53 Å². The smallest absolute Gasteiger partial charge is 0.349 e. The monoisotopic (exact) mass is 376 g/mol. The predicted octanol–water partition coefficient (Wildman–Crippen LogP) is 4.09. The first-order chi connectivity index (χ1) is 13.2. The number of Topliss-reactive ketones (excluding diaryl/α,β-unsaturated/α-hetero) is 1. The summed E-state index contributed by atoms with van der Waals surface area (Å²) in [5, 5.41) is 9.32. The second-order valence-corrected chi connectivity index (χ2v) is 6.87. The summed E-state index contributed by atoms with van der Waals surface area (Å²) >= 11 is 0. The number of esters is 1. The molecule has 0 N–H and O–H groups in total. The topological polar surface area (TPSA) is 70.4 Å². The lowest BCUT2D eigenvalue weighted by atomic mass is 10.0. The lowest BCUT2D eigenvalue weighted by Crippen LogP contribution is -2.25. The van der Waals surface area contributed by atoms with E-state index in [1.807, 2.05) is 69.2 Å². The molecule has 5 nitrogen and oxygen atoms in total. The van der Waals surface area contributed by atoms with E-state index in [-0.39, 0.29) is 11.4 Å². The van der Waals surface area contributed by atoms with Crippen molar-refractivity contribution in [3.8, 4) is 6.07 Å². The Balaban J connectivity index is 2.13. The molecule has 0 aromatic heterocycles. The third-order valence-electron chi connectivity index (χ3n) is 4.51. The SMILES string of the molecule is Cc1ccc(C(=O)C(C)OC(=O)/C(C#N)=C/c2ccc(N(C)C)cc2)cc1C. The summed E-state index contributed by atoms with van der Waals surface area (Å²) in [7, 11) is 3.85. The summed E-state index contributed by atoms with van der Waals surface area (Å²) in [6.07, 6.45) is 0.470. The van der Waals surface area contributed by atoms with Crippen LogP contribution in [0.3, 0.4) is 0 Å². The highest BCUT2D eigenvalue weighted by molar-refractivity contribution is 6.03. The first-order valence-corrected chi connectivity index (χ1v) is 8.94. The van der Waals surface area contributed by atoms with Crippen LogP contribution in [0.5, 0.6) is 0 Å². The number of nitrogens with zero attached hydrogens (tertiary/aromatic N) is 2. The zero-order chi connectivity index (χ0) is 20.8. The molecule has 1 atom stereocenters. The average molecular weight is 376 g/mol. The van der Waals surface area contributed by atoms with E-state index in [1.54, 1.807) is 12.1 Å². The zero-order valence-corrected chi connectivity index (χ0v) is 16.8. The Hall–Kier alpha value is -3.39. The molecule has 2 aromatic carbocycles. The van der Waals surface area contributed by atoms with Crippen molar-refractivity contribution in [1.29, 1.82) is 5.26 Å². The largest absolute Gasteiger partial charge is 0.450 e. The molecule has 0 fully saturated rings. The highest BCUT2D eigenvalue weighted by Gasteiger charge is 2.22. The van der Waals surface area contributed by atoms with E-state index < -0.39 is 12.1 Å². The average Bonchev–Trinajstić information content (AvgIpc) is 2.67. The predicted molar refractivity (Wildman–Crippen MR) is 110 cm³/mol. The van der Waals surface area contributed by atoms with E-state index in [4.69, 9.17) is 4.74 Å². The molecule has 0 radical (unpaired) electrons. The number of benzene rings is 2. The van der Waals surface area contributed by atoms with Crippen LogP contribution in [0, 0.1) is 25.2 Å². The first kappa shape index (κ1) is 20.9. The van der Waals surface area contributed by atoms with Crippen molar-refractivity contribution in [3.05, 3.63) is 70.3 Å². The lowest BCUT2D eigenvalue weighted by molar-refractivity contribution is -0.141. The Bertz CT molecular complexity index is 951. The van der Waals surface area contributed by atoms with Gasteiger partial charge < -0.3 is 9.64 Å². The minimum atomic E-state index is -0.984. The minimum Gasteiger partial charge on any atom is -0.450 e. The summed E-state index contributed by atoms with van der Waals surface area (Å²) in [5.41, 5.74) is 4.10. The third-order valence-corrected chi connectivity index (χ3v) is 4.51. The van der Waals surface area contributed by atoms with Crippen molar-refractivity contribution < 1.29 is 14.3 Å². The van der Waals surface area contributed by atoms with Gasteiger partial charge in [-0.2, -0.15) is 5.26 Å². The van der Waals surface area contributed by atoms with Crippen LogP contribution >= 0.6 is 0 Å². The van der Waals surface area contributed by atoms with Gasteiger partial charge in [-0.25, -0.2) is 4.79 Å². The molecule has 5 heteroatoms. The Morgan fingerprint density at radius 3 is 2.25 bits per heavy atom. The molecule has 0 bridgehead atoms. The van der Waals surface area contributed by atoms with Gasteiger partial charge >= 0.3 is 5.97 Å². The van der Waals surface area contributed by atoms with Crippen molar-refractivity contribution in [3.63, 3.8) is 0 Å². The van der Waals surface area contributed by atoms with Gasteiger partial charge in [0.2, 0.25) is 5.78 Å². The van der Waals surface area contributed by atoms with Gasteiger partial charge in [0.1, 0.15) is 11.6 Å². The van der Waals surface area contributed by atoms with Gasteiger partial charge in [-0.15, -0.1) is 0 Å². The van der Waals surface area contributed by atoms with Crippen molar-refractivity contribution in [2.75, 3.05) is 19.0 Å². The zero-order valence-electron chi connectivity index (χ0n) is 16.8. The van der Waals surface area contributed by atoms with E-state index in [0.717, 1.165) is 16.8 Å². The molecule has 144 valence electrons. The van der Waals surface area contributed by atoms with E-state index >= 15 is 0 Å². The van der Waals surface area contributed by atoms with E-state index in [9.17, 15) is 14.9 Å². The minimum absolute atomic E-state index is 0.155.